The Hall–Kier alpha value is -1.72. The number of ether oxygens (including phenoxy) is 2. The maximum absolute atomic E-state index is 11.6. The number of carbonyl (C=O) groups is 4. The van der Waals surface area contributed by atoms with E-state index in [1.54, 1.807) is 0 Å². The molecule has 126 valence electrons. The van der Waals surface area contributed by atoms with Gasteiger partial charge in [-0.1, -0.05) is 19.3 Å². The topological polar surface area (TPSA) is 86.7 Å². The highest BCUT2D eigenvalue weighted by molar-refractivity contribution is 5.87. The minimum atomic E-state index is -0.494. The molecule has 6 nitrogen and oxygen atoms in total. The van der Waals surface area contributed by atoms with Crippen LogP contribution < -0.4 is 0 Å². The Labute approximate surface area is 131 Å². The van der Waals surface area contributed by atoms with Gasteiger partial charge in [-0.15, -0.1) is 0 Å². The van der Waals surface area contributed by atoms with Crippen LogP contribution in [0.25, 0.3) is 0 Å². The number of hydrogen-bond acceptors (Lipinski definition) is 6. The number of unbranched alkanes of at least 4 members (excludes halogenated alkanes) is 4. The van der Waals surface area contributed by atoms with Gasteiger partial charge in [0, 0.05) is 32.6 Å². The predicted octanol–water partition coefficient (Wildman–Crippen LogP) is 2.37. The summed E-state index contributed by atoms with van der Waals surface area (Å²) < 4.78 is 9.11. The van der Waals surface area contributed by atoms with Crippen LogP contribution in [0.3, 0.4) is 0 Å². The van der Waals surface area contributed by atoms with E-state index in [0.717, 1.165) is 32.1 Å². The SMILES string of the molecule is COC(=O)CCCCCCCC(=O)CCC(=O)COC(C)=O. The number of Topliss-reactive ketones (excluding diaryl/α,β-unsaturated/α-hetero) is 2. The zero-order valence-electron chi connectivity index (χ0n) is 13.5. The quantitative estimate of drug-likeness (QED) is 0.383. The Balaban J connectivity index is 3.44. The van der Waals surface area contributed by atoms with Gasteiger partial charge in [0.25, 0.3) is 0 Å². The highest BCUT2D eigenvalue weighted by atomic mass is 16.5. The lowest BCUT2D eigenvalue weighted by atomic mass is 10.0. The van der Waals surface area contributed by atoms with Gasteiger partial charge in [-0.2, -0.15) is 0 Å². The number of carbonyl (C=O) groups excluding carboxylic acids is 4. The fourth-order valence-corrected chi connectivity index (χ4v) is 1.88. The van der Waals surface area contributed by atoms with Crippen LogP contribution in [0, 0.1) is 0 Å². The van der Waals surface area contributed by atoms with Crippen LogP contribution in [-0.2, 0) is 28.7 Å². The van der Waals surface area contributed by atoms with Crippen LogP contribution >= 0.6 is 0 Å². The van der Waals surface area contributed by atoms with Gasteiger partial charge in [-0.3, -0.25) is 19.2 Å². The molecule has 0 aromatic carbocycles. The molecule has 0 saturated heterocycles. The summed E-state index contributed by atoms with van der Waals surface area (Å²) in [6, 6.07) is 0. The van der Waals surface area contributed by atoms with Crippen molar-refractivity contribution in [3.8, 4) is 0 Å². The monoisotopic (exact) mass is 314 g/mol. The molecule has 0 aromatic rings. The van der Waals surface area contributed by atoms with Crippen molar-refractivity contribution in [3.05, 3.63) is 0 Å². The van der Waals surface area contributed by atoms with Gasteiger partial charge in [0.05, 0.1) is 7.11 Å². The summed E-state index contributed by atoms with van der Waals surface area (Å²) in [4.78, 5) is 44.3. The number of esters is 2. The third-order valence-corrected chi connectivity index (χ3v) is 3.18. The normalized spacial score (nSPS) is 10.1. The van der Waals surface area contributed by atoms with Crippen LogP contribution in [0.2, 0.25) is 0 Å². The molecule has 0 heterocycles. The molecule has 0 N–H and O–H groups in total. The van der Waals surface area contributed by atoms with E-state index in [0.29, 0.717) is 12.8 Å². The first-order valence-electron chi connectivity index (χ1n) is 7.69. The third kappa shape index (κ3) is 13.3. The predicted molar refractivity (Wildman–Crippen MR) is 80.2 cm³/mol. The van der Waals surface area contributed by atoms with Gasteiger partial charge >= 0.3 is 11.9 Å². The second-order valence-corrected chi connectivity index (χ2v) is 5.20. The average molecular weight is 314 g/mol. The Morgan fingerprint density at radius 3 is 1.86 bits per heavy atom. The first kappa shape index (κ1) is 20.3. The van der Waals surface area contributed by atoms with Crippen LogP contribution in [0.4, 0.5) is 0 Å². The van der Waals surface area contributed by atoms with E-state index in [2.05, 4.69) is 9.47 Å². The van der Waals surface area contributed by atoms with Crippen LogP contribution in [0.15, 0.2) is 0 Å². The Morgan fingerprint density at radius 2 is 1.27 bits per heavy atom. The number of methoxy groups -OCH3 is 1. The first-order chi connectivity index (χ1) is 10.5. The van der Waals surface area contributed by atoms with Crippen molar-refractivity contribution in [2.24, 2.45) is 0 Å². The van der Waals surface area contributed by atoms with Crippen LogP contribution in [0.1, 0.15) is 64.7 Å². The highest BCUT2D eigenvalue weighted by Crippen LogP contribution is 2.09. The summed E-state index contributed by atoms with van der Waals surface area (Å²) in [6.07, 6.45) is 5.74. The molecule has 0 rings (SSSR count). The van der Waals surface area contributed by atoms with Crippen molar-refractivity contribution in [1.29, 1.82) is 0 Å². The standard InChI is InChI=1S/C16H26O6/c1-13(17)22-12-15(19)11-10-14(18)8-6-4-3-5-7-9-16(20)21-2/h3-12H2,1-2H3. The fourth-order valence-electron chi connectivity index (χ4n) is 1.88. The van der Waals surface area contributed by atoms with Crippen molar-refractivity contribution in [3.63, 3.8) is 0 Å². The minimum absolute atomic E-state index is 0.0609. The molecular formula is C16H26O6. The van der Waals surface area contributed by atoms with E-state index < -0.39 is 5.97 Å². The maximum Gasteiger partial charge on any atom is 0.305 e. The number of ketones is 2. The largest absolute Gasteiger partial charge is 0.469 e. The Kier molecular flexibility index (Phi) is 12.0. The highest BCUT2D eigenvalue weighted by Gasteiger charge is 2.08. The van der Waals surface area contributed by atoms with E-state index in [-0.39, 0.29) is 37.0 Å². The van der Waals surface area contributed by atoms with E-state index in [9.17, 15) is 19.2 Å². The summed E-state index contributed by atoms with van der Waals surface area (Å²) in [7, 11) is 1.38. The fraction of sp³-hybridized carbons (Fsp3) is 0.750. The van der Waals surface area contributed by atoms with Gasteiger partial charge in [0.2, 0.25) is 0 Å². The van der Waals surface area contributed by atoms with Crippen LogP contribution in [0.5, 0.6) is 0 Å². The van der Waals surface area contributed by atoms with Crippen LogP contribution in [-0.4, -0.2) is 37.2 Å². The lowest BCUT2D eigenvalue weighted by Gasteiger charge is -2.03. The minimum Gasteiger partial charge on any atom is -0.469 e. The number of hydrogen-bond donors (Lipinski definition) is 0. The number of rotatable bonds is 13. The second-order valence-electron chi connectivity index (χ2n) is 5.20. The first-order valence-corrected chi connectivity index (χ1v) is 7.69. The summed E-state index contributed by atoms with van der Waals surface area (Å²) in [5.41, 5.74) is 0. The van der Waals surface area contributed by atoms with E-state index in [1.165, 1.54) is 14.0 Å². The average Bonchev–Trinajstić information content (AvgIpc) is 2.49. The molecule has 6 heteroatoms. The van der Waals surface area contributed by atoms with Gasteiger partial charge in [-0.25, -0.2) is 0 Å². The third-order valence-electron chi connectivity index (χ3n) is 3.18. The summed E-state index contributed by atoms with van der Waals surface area (Å²) in [5, 5.41) is 0. The van der Waals surface area contributed by atoms with Crippen molar-refractivity contribution < 1.29 is 28.7 Å². The zero-order valence-corrected chi connectivity index (χ0v) is 13.5. The molecule has 0 saturated carbocycles. The lowest BCUT2D eigenvalue weighted by molar-refractivity contribution is -0.145. The summed E-state index contributed by atoms with van der Waals surface area (Å²) in [5.74, 6) is -0.849. The molecule has 22 heavy (non-hydrogen) atoms. The molecule has 0 spiro atoms. The van der Waals surface area contributed by atoms with Gasteiger partial charge in [0.15, 0.2) is 5.78 Å². The lowest BCUT2D eigenvalue weighted by Crippen LogP contribution is -2.13. The maximum atomic E-state index is 11.6. The van der Waals surface area contributed by atoms with Crippen molar-refractivity contribution in [1.82, 2.24) is 0 Å². The van der Waals surface area contributed by atoms with Gasteiger partial charge in [-0.05, 0) is 12.8 Å². The molecule has 0 amide bonds. The smallest absolute Gasteiger partial charge is 0.305 e. The molecule has 0 aliphatic carbocycles. The Bertz CT molecular complexity index is 375. The molecule has 0 aromatic heterocycles. The molecule has 0 fully saturated rings. The van der Waals surface area contributed by atoms with Gasteiger partial charge < -0.3 is 9.47 Å². The molecule has 0 aliphatic rings. The van der Waals surface area contributed by atoms with E-state index in [1.807, 2.05) is 0 Å². The molecule has 0 unspecified atom stereocenters. The molecule has 0 radical (unpaired) electrons. The molecular weight excluding hydrogens is 288 g/mol. The van der Waals surface area contributed by atoms with E-state index >= 15 is 0 Å². The Morgan fingerprint density at radius 1 is 0.727 bits per heavy atom. The van der Waals surface area contributed by atoms with Crippen molar-refractivity contribution in [2.75, 3.05) is 13.7 Å². The molecule has 0 bridgehead atoms. The van der Waals surface area contributed by atoms with Gasteiger partial charge in [0.1, 0.15) is 12.4 Å². The zero-order chi connectivity index (χ0) is 16.8. The van der Waals surface area contributed by atoms with Crippen molar-refractivity contribution >= 4 is 23.5 Å². The van der Waals surface area contributed by atoms with Crippen molar-refractivity contribution in [2.45, 2.75) is 64.7 Å². The van der Waals surface area contributed by atoms with E-state index in [4.69, 9.17) is 0 Å². The summed E-state index contributed by atoms with van der Waals surface area (Å²) in [6.45, 7) is 0.992. The molecule has 0 aliphatic heterocycles. The second kappa shape index (κ2) is 13.0. The molecule has 0 atom stereocenters. The summed E-state index contributed by atoms with van der Waals surface area (Å²) >= 11 is 0.